The van der Waals surface area contributed by atoms with Gasteiger partial charge in [-0.1, -0.05) is 0 Å². The number of ether oxygens (including phenoxy) is 1. The third-order valence-electron chi connectivity index (χ3n) is 2.84. The highest BCUT2D eigenvalue weighted by Gasteiger charge is 2.33. The van der Waals surface area contributed by atoms with Crippen molar-refractivity contribution in [2.24, 2.45) is 0 Å². The highest BCUT2D eigenvalue weighted by molar-refractivity contribution is 7.92. The van der Waals surface area contributed by atoms with Crippen LogP contribution in [0.5, 0.6) is 5.75 Å². The molecular formula is C13H7F6NO3S. The lowest BCUT2D eigenvalue weighted by molar-refractivity contribution is 0.358. The summed E-state index contributed by atoms with van der Waals surface area (Å²) in [4.78, 5) is -2.07. The third-order valence-corrected chi connectivity index (χ3v) is 4.24. The predicted octanol–water partition coefficient (Wildman–Crippen LogP) is 3.33. The van der Waals surface area contributed by atoms with E-state index >= 15 is 0 Å². The van der Waals surface area contributed by atoms with Gasteiger partial charge in [0, 0.05) is 6.07 Å². The molecule has 0 aliphatic carbocycles. The van der Waals surface area contributed by atoms with Crippen LogP contribution in [0.15, 0.2) is 23.1 Å². The number of anilines is 1. The van der Waals surface area contributed by atoms with Gasteiger partial charge in [-0.05, 0) is 12.1 Å². The summed E-state index contributed by atoms with van der Waals surface area (Å²) in [6, 6.07) is 2.56. The number of methoxy groups -OCH3 is 1. The van der Waals surface area contributed by atoms with Gasteiger partial charge in [0.1, 0.15) is 0 Å². The average molecular weight is 370 g/mol. The van der Waals surface area contributed by atoms with Gasteiger partial charge >= 0.3 is 0 Å². The summed E-state index contributed by atoms with van der Waals surface area (Å²) >= 11 is 0. The summed E-state index contributed by atoms with van der Waals surface area (Å²) in [5.74, 6) is -13.7. The molecule has 130 valence electrons. The maximum Gasteiger partial charge on any atom is 0.267 e. The molecule has 2 rings (SSSR count). The Morgan fingerprint density at radius 3 is 1.83 bits per heavy atom. The van der Waals surface area contributed by atoms with Gasteiger partial charge in [-0.25, -0.2) is 34.8 Å². The van der Waals surface area contributed by atoms with Gasteiger partial charge in [0.2, 0.25) is 5.82 Å². The van der Waals surface area contributed by atoms with Crippen molar-refractivity contribution >= 4 is 15.7 Å². The van der Waals surface area contributed by atoms with Gasteiger partial charge in [-0.15, -0.1) is 0 Å². The molecule has 4 nitrogen and oxygen atoms in total. The summed E-state index contributed by atoms with van der Waals surface area (Å²) in [5, 5.41) is 0. The highest BCUT2D eigenvalue weighted by Crippen LogP contribution is 2.29. The number of hydrogen-bond donors (Lipinski definition) is 1. The minimum absolute atomic E-state index is 0.255. The lowest BCUT2D eigenvalue weighted by atomic mass is 10.3. The second kappa shape index (κ2) is 6.23. The number of rotatable bonds is 4. The Morgan fingerprint density at radius 1 is 0.875 bits per heavy atom. The molecule has 0 bridgehead atoms. The second-order valence-electron chi connectivity index (χ2n) is 4.35. The van der Waals surface area contributed by atoms with E-state index in [4.69, 9.17) is 0 Å². The molecule has 11 heteroatoms. The lowest BCUT2D eigenvalue weighted by Gasteiger charge is -2.12. The Bertz CT molecular complexity index is 887. The monoisotopic (exact) mass is 370 g/mol. The SMILES string of the molecule is [11CH3]Oc1ccc(NS(=O)(=O)c2c(F)c(F)c(F)c(F)c2F)cc1F. The zero-order valence-electron chi connectivity index (χ0n) is 11.6. The predicted molar refractivity (Wildman–Crippen MR) is 70.0 cm³/mol. The second-order valence-corrected chi connectivity index (χ2v) is 5.97. The Balaban J connectivity index is 2.55. The quantitative estimate of drug-likeness (QED) is 0.510. The normalized spacial score (nSPS) is 11.5. The van der Waals surface area contributed by atoms with E-state index in [0.717, 1.165) is 19.2 Å². The van der Waals surface area contributed by atoms with Gasteiger partial charge in [0.15, 0.2) is 39.7 Å². The zero-order valence-corrected chi connectivity index (χ0v) is 12.4. The molecule has 0 aliphatic heterocycles. The van der Waals surface area contributed by atoms with Crippen LogP contribution in [0.3, 0.4) is 0 Å². The minimum Gasteiger partial charge on any atom is -0.494 e. The lowest BCUT2D eigenvalue weighted by Crippen LogP contribution is -2.19. The molecule has 0 spiro atoms. The van der Waals surface area contributed by atoms with E-state index in [2.05, 4.69) is 4.74 Å². The van der Waals surface area contributed by atoms with E-state index in [1.807, 2.05) is 0 Å². The first-order valence-corrected chi connectivity index (χ1v) is 7.46. The number of nitrogens with one attached hydrogen (secondary N) is 1. The van der Waals surface area contributed by atoms with Crippen LogP contribution in [0, 0.1) is 34.9 Å². The third kappa shape index (κ3) is 2.98. The van der Waals surface area contributed by atoms with E-state index in [-0.39, 0.29) is 5.75 Å². The minimum atomic E-state index is -5.23. The molecule has 1 N–H and O–H groups in total. The van der Waals surface area contributed by atoms with E-state index in [1.165, 1.54) is 4.72 Å². The fourth-order valence-corrected chi connectivity index (χ4v) is 2.95. The molecule has 24 heavy (non-hydrogen) atoms. The maximum atomic E-state index is 13.6. The van der Waals surface area contributed by atoms with Gasteiger partial charge in [-0.3, -0.25) is 4.72 Å². The zero-order chi connectivity index (χ0) is 18.2. The highest BCUT2D eigenvalue weighted by atomic mass is 32.2. The van der Waals surface area contributed by atoms with Gasteiger partial charge in [0.05, 0.1) is 12.8 Å². The van der Waals surface area contributed by atoms with Crippen LogP contribution in [0.4, 0.5) is 32.0 Å². The van der Waals surface area contributed by atoms with E-state index in [9.17, 15) is 34.8 Å². The van der Waals surface area contributed by atoms with Crippen molar-refractivity contribution in [3.8, 4) is 5.75 Å². The summed E-state index contributed by atoms with van der Waals surface area (Å²) in [7, 11) is -4.09. The van der Waals surface area contributed by atoms with E-state index < -0.39 is 55.5 Å². The van der Waals surface area contributed by atoms with E-state index in [0.29, 0.717) is 6.07 Å². The summed E-state index contributed by atoms with van der Waals surface area (Å²) in [5.41, 5.74) is -0.516. The largest absolute Gasteiger partial charge is 0.494 e. The topological polar surface area (TPSA) is 55.4 Å². The molecule has 2 aromatic carbocycles. The van der Waals surface area contributed by atoms with Crippen molar-refractivity contribution in [3.05, 3.63) is 53.1 Å². The van der Waals surface area contributed by atoms with Gasteiger partial charge in [0.25, 0.3) is 10.0 Å². The molecule has 0 heterocycles. The van der Waals surface area contributed by atoms with Gasteiger partial charge < -0.3 is 4.74 Å². The Kier molecular flexibility index (Phi) is 4.65. The molecule has 0 atom stereocenters. The molecule has 0 radical (unpaired) electrons. The van der Waals surface area contributed by atoms with Crippen LogP contribution < -0.4 is 9.46 Å². The first-order chi connectivity index (χ1) is 11.1. The molecule has 0 aromatic heterocycles. The standard InChI is InChI=1S/C13H7F6NO3S/c1-23-7-3-2-5(4-6(7)14)20-24(21,22)13-11(18)9(16)8(15)10(17)12(13)19/h2-4,20H,1H3/i1-1. The first-order valence-electron chi connectivity index (χ1n) is 5.98. The number of sulfonamides is 1. The Labute approximate surface area is 131 Å². The van der Waals surface area contributed by atoms with Crippen molar-refractivity contribution in [2.75, 3.05) is 11.8 Å². The van der Waals surface area contributed by atoms with Gasteiger partial charge in [-0.2, -0.15) is 0 Å². The molecule has 2 aromatic rings. The van der Waals surface area contributed by atoms with Crippen molar-refractivity contribution in [3.63, 3.8) is 0 Å². The molecule has 0 aliphatic rings. The molecule has 0 amide bonds. The maximum absolute atomic E-state index is 13.6. The van der Waals surface area contributed by atoms with Crippen LogP contribution in [-0.2, 0) is 10.0 Å². The van der Waals surface area contributed by atoms with Crippen LogP contribution in [0.1, 0.15) is 0 Å². The molecular weight excluding hydrogens is 363 g/mol. The number of benzene rings is 2. The summed E-state index contributed by atoms with van der Waals surface area (Å²) in [6.07, 6.45) is 0. The molecule has 0 saturated heterocycles. The molecule has 0 saturated carbocycles. The Hall–Kier alpha value is -2.43. The van der Waals surface area contributed by atoms with Crippen LogP contribution in [-0.4, -0.2) is 15.5 Å². The Morgan fingerprint density at radius 2 is 1.38 bits per heavy atom. The number of halogens is 6. The van der Waals surface area contributed by atoms with Crippen molar-refractivity contribution in [1.82, 2.24) is 0 Å². The summed E-state index contributed by atoms with van der Waals surface area (Å²) < 4.78 is 110. The summed E-state index contributed by atoms with van der Waals surface area (Å²) in [6.45, 7) is 0. The molecule has 0 unspecified atom stereocenters. The fraction of sp³-hybridized carbons (Fsp3) is 0.0769. The van der Waals surface area contributed by atoms with Crippen LogP contribution in [0.2, 0.25) is 0 Å². The van der Waals surface area contributed by atoms with Crippen molar-refractivity contribution in [1.29, 1.82) is 0 Å². The van der Waals surface area contributed by atoms with Crippen molar-refractivity contribution < 1.29 is 39.5 Å². The molecule has 0 fully saturated rings. The first kappa shape index (κ1) is 17.9. The van der Waals surface area contributed by atoms with E-state index in [1.54, 1.807) is 0 Å². The van der Waals surface area contributed by atoms with Crippen molar-refractivity contribution in [2.45, 2.75) is 4.90 Å². The fourth-order valence-electron chi connectivity index (χ4n) is 1.76. The van der Waals surface area contributed by atoms with Crippen LogP contribution >= 0.6 is 0 Å². The van der Waals surface area contributed by atoms with Crippen LogP contribution in [0.25, 0.3) is 0 Å². The average Bonchev–Trinajstić information content (AvgIpc) is 2.50. The smallest absolute Gasteiger partial charge is 0.267 e. The number of hydrogen-bond acceptors (Lipinski definition) is 3.